The molecule has 4 N–H and O–H groups in total. The fourth-order valence-electron chi connectivity index (χ4n) is 5.59. The SMILES string of the molecule is Cc1ccc(-n2nc(C(C)(C)C)cc2NC(=O)Nc2ccc(C(C(=O)c3cc(C)[nH]c(=O)c3)C3CCNCC3)cc2)cc1. The van der Waals surface area contributed by atoms with Gasteiger partial charge in [0, 0.05) is 34.5 Å². The second-order valence-corrected chi connectivity index (χ2v) is 12.5. The molecule has 1 atom stereocenters. The summed E-state index contributed by atoms with van der Waals surface area (Å²) in [5.74, 6) is 0.270. The van der Waals surface area contributed by atoms with Crippen LogP contribution in [0.5, 0.6) is 0 Å². The molecule has 1 fully saturated rings. The van der Waals surface area contributed by atoms with Gasteiger partial charge in [0.15, 0.2) is 5.78 Å². The molecule has 3 heterocycles. The van der Waals surface area contributed by atoms with Crippen LogP contribution in [-0.4, -0.2) is 39.7 Å². The Morgan fingerprint density at radius 2 is 1.60 bits per heavy atom. The van der Waals surface area contributed by atoms with Crippen LogP contribution in [0.3, 0.4) is 0 Å². The number of benzene rings is 2. The summed E-state index contributed by atoms with van der Waals surface area (Å²) >= 11 is 0. The Morgan fingerprint density at radius 1 is 0.930 bits per heavy atom. The Labute approximate surface area is 252 Å². The third-order valence-electron chi connectivity index (χ3n) is 7.93. The van der Waals surface area contributed by atoms with Gasteiger partial charge in [-0.2, -0.15) is 5.10 Å². The van der Waals surface area contributed by atoms with Gasteiger partial charge in [-0.15, -0.1) is 0 Å². The summed E-state index contributed by atoms with van der Waals surface area (Å²) in [5, 5.41) is 14.0. The number of urea groups is 1. The number of ketones is 1. The number of anilines is 2. The number of hydrogen-bond donors (Lipinski definition) is 4. The highest BCUT2D eigenvalue weighted by Gasteiger charge is 2.32. The van der Waals surface area contributed by atoms with Crippen LogP contribution in [0.2, 0.25) is 0 Å². The molecule has 1 saturated heterocycles. The number of H-pyrrole nitrogens is 1. The lowest BCUT2D eigenvalue weighted by Crippen LogP contribution is -2.34. The Morgan fingerprint density at radius 3 is 2.23 bits per heavy atom. The van der Waals surface area contributed by atoms with Crippen LogP contribution in [0.1, 0.15) is 72.4 Å². The molecule has 43 heavy (non-hydrogen) atoms. The second-order valence-electron chi connectivity index (χ2n) is 12.5. The fourth-order valence-corrected chi connectivity index (χ4v) is 5.59. The second kappa shape index (κ2) is 12.4. The highest BCUT2D eigenvalue weighted by atomic mass is 16.2. The summed E-state index contributed by atoms with van der Waals surface area (Å²) in [4.78, 5) is 41.8. The van der Waals surface area contributed by atoms with Crippen LogP contribution in [0, 0.1) is 19.8 Å². The largest absolute Gasteiger partial charge is 0.326 e. The zero-order valence-corrected chi connectivity index (χ0v) is 25.5. The van der Waals surface area contributed by atoms with E-state index >= 15 is 0 Å². The Bertz CT molecular complexity index is 1660. The molecule has 1 unspecified atom stereocenters. The first-order chi connectivity index (χ1) is 20.5. The number of aryl methyl sites for hydroxylation is 2. The molecule has 1 aliphatic heterocycles. The number of piperidine rings is 1. The van der Waals surface area contributed by atoms with Crippen molar-refractivity contribution in [2.75, 3.05) is 23.7 Å². The van der Waals surface area contributed by atoms with Crippen LogP contribution in [0.25, 0.3) is 5.69 Å². The van der Waals surface area contributed by atoms with Crippen molar-refractivity contribution in [2.45, 2.75) is 58.8 Å². The highest BCUT2D eigenvalue weighted by Crippen LogP contribution is 2.35. The van der Waals surface area contributed by atoms with Gasteiger partial charge in [-0.3, -0.25) is 14.9 Å². The van der Waals surface area contributed by atoms with E-state index < -0.39 is 6.03 Å². The smallest absolute Gasteiger partial charge is 0.324 e. The molecular weight excluding hydrogens is 540 g/mol. The maximum atomic E-state index is 13.8. The quantitative estimate of drug-likeness (QED) is 0.197. The zero-order valence-electron chi connectivity index (χ0n) is 25.5. The molecule has 0 spiro atoms. The van der Waals surface area contributed by atoms with Crippen molar-refractivity contribution >= 4 is 23.3 Å². The van der Waals surface area contributed by atoms with Gasteiger partial charge in [0.25, 0.3) is 0 Å². The highest BCUT2D eigenvalue weighted by molar-refractivity contribution is 6.02. The summed E-state index contributed by atoms with van der Waals surface area (Å²) in [6, 6.07) is 20.0. The molecule has 2 aromatic carbocycles. The molecule has 0 saturated carbocycles. The van der Waals surface area contributed by atoms with Gasteiger partial charge in [0.05, 0.1) is 17.3 Å². The van der Waals surface area contributed by atoms with E-state index in [9.17, 15) is 14.4 Å². The van der Waals surface area contributed by atoms with Gasteiger partial charge in [-0.1, -0.05) is 50.6 Å². The first-order valence-electron chi connectivity index (χ1n) is 14.8. The van der Waals surface area contributed by atoms with Gasteiger partial charge >= 0.3 is 6.03 Å². The molecule has 2 amide bonds. The van der Waals surface area contributed by atoms with Crippen molar-refractivity contribution in [3.05, 3.63) is 105 Å². The normalized spacial score (nSPS) is 14.7. The number of pyridine rings is 1. The Kier molecular flexibility index (Phi) is 8.64. The summed E-state index contributed by atoms with van der Waals surface area (Å²) in [7, 11) is 0. The van der Waals surface area contributed by atoms with Gasteiger partial charge in [-0.05, 0) is 81.6 Å². The number of nitrogens with one attached hydrogen (secondary N) is 4. The van der Waals surface area contributed by atoms with Crippen LogP contribution in [0.15, 0.2) is 71.5 Å². The van der Waals surface area contributed by atoms with E-state index in [2.05, 4.69) is 41.7 Å². The molecule has 9 nitrogen and oxygen atoms in total. The molecule has 0 aliphatic carbocycles. The van der Waals surface area contributed by atoms with E-state index in [0.29, 0.717) is 22.8 Å². The molecule has 4 aromatic rings. The van der Waals surface area contributed by atoms with Crippen LogP contribution < -0.4 is 21.5 Å². The molecule has 224 valence electrons. The molecule has 0 bridgehead atoms. The van der Waals surface area contributed by atoms with Crippen molar-refractivity contribution in [1.82, 2.24) is 20.1 Å². The summed E-state index contributed by atoms with van der Waals surface area (Å²) < 4.78 is 1.74. The van der Waals surface area contributed by atoms with Gasteiger partial charge in [-0.25, -0.2) is 9.48 Å². The van der Waals surface area contributed by atoms with Crippen molar-refractivity contribution in [3.63, 3.8) is 0 Å². The number of carbonyl (C=O) groups is 2. The zero-order chi connectivity index (χ0) is 30.7. The standard InChI is InChI=1S/C34H40N6O3/c1-21-6-12-27(13-7-21)40-29(20-28(39-40)34(3,4)5)38-33(43)37-26-10-8-23(9-11-26)31(24-14-16-35-17-15-24)32(42)25-18-22(2)36-30(41)19-25/h6-13,18-20,24,31,35H,14-17H2,1-5H3,(H,36,41)(H2,37,38,43). The number of Topliss-reactive ketones (excluding diaryl/α,β-unsaturated/α-hetero) is 1. The third kappa shape index (κ3) is 7.11. The predicted octanol–water partition coefficient (Wildman–Crippen LogP) is 6.09. The minimum Gasteiger partial charge on any atom is -0.326 e. The number of amides is 2. The fraction of sp³-hybridized carbons (Fsp3) is 0.353. The van der Waals surface area contributed by atoms with E-state index in [1.54, 1.807) is 17.7 Å². The first-order valence-corrected chi connectivity index (χ1v) is 14.8. The minimum atomic E-state index is -0.397. The topological polar surface area (TPSA) is 121 Å². The van der Waals surface area contributed by atoms with Crippen molar-refractivity contribution in [3.8, 4) is 5.69 Å². The molecule has 9 heteroatoms. The van der Waals surface area contributed by atoms with Crippen LogP contribution in [-0.2, 0) is 5.41 Å². The van der Waals surface area contributed by atoms with Crippen LogP contribution >= 0.6 is 0 Å². The lowest BCUT2D eigenvalue weighted by molar-refractivity contribution is 0.0915. The van der Waals surface area contributed by atoms with E-state index in [1.807, 2.05) is 61.5 Å². The Hall–Kier alpha value is -4.50. The number of nitrogens with zero attached hydrogens (tertiary/aromatic N) is 2. The van der Waals surface area contributed by atoms with Gasteiger partial charge in [0.2, 0.25) is 5.56 Å². The predicted molar refractivity (Wildman–Crippen MR) is 171 cm³/mol. The third-order valence-corrected chi connectivity index (χ3v) is 7.93. The molecule has 2 aromatic heterocycles. The molecule has 5 rings (SSSR count). The lowest BCUT2D eigenvalue weighted by Gasteiger charge is -2.30. The summed E-state index contributed by atoms with van der Waals surface area (Å²) in [6.45, 7) is 11.7. The van der Waals surface area contributed by atoms with Gasteiger partial charge in [0.1, 0.15) is 5.82 Å². The lowest BCUT2D eigenvalue weighted by atomic mass is 9.76. The van der Waals surface area contributed by atoms with E-state index in [-0.39, 0.29) is 28.6 Å². The maximum absolute atomic E-state index is 13.8. The summed E-state index contributed by atoms with van der Waals surface area (Å²) in [5.41, 5.74) is 4.91. The van der Waals surface area contributed by atoms with E-state index in [1.165, 1.54) is 6.07 Å². The first kappa shape index (κ1) is 30.0. The van der Waals surface area contributed by atoms with E-state index in [4.69, 9.17) is 5.10 Å². The number of aromatic nitrogens is 3. The number of rotatable bonds is 7. The van der Waals surface area contributed by atoms with Crippen molar-refractivity contribution < 1.29 is 9.59 Å². The Balaban J connectivity index is 1.36. The average Bonchev–Trinajstić information content (AvgIpc) is 3.39. The van der Waals surface area contributed by atoms with Crippen molar-refractivity contribution in [2.24, 2.45) is 5.92 Å². The molecular formula is C34H40N6O3. The summed E-state index contributed by atoms with van der Waals surface area (Å²) in [6.07, 6.45) is 1.73. The van der Waals surface area contributed by atoms with E-state index in [0.717, 1.165) is 48.4 Å². The molecule has 1 aliphatic rings. The number of hydrogen-bond acceptors (Lipinski definition) is 5. The number of aromatic amines is 1. The maximum Gasteiger partial charge on any atom is 0.324 e. The van der Waals surface area contributed by atoms with Crippen molar-refractivity contribution in [1.29, 1.82) is 0 Å². The van der Waals surface area contributed by atoms with Gasteiger partial charge < -0.3 is 15.6 Å². The van der Waals surface area contributed by atoms with Crippen LogP contribution in [0.4, 0.5) is 16.3 Å². The average molecular weight is 581 g/mol. The minimum absolute atomic E-state index is 0.0569. The number of carbonyl (C=O) groups excluding carboxylic acids is 2. The monoisotopic (exact) mass is 580 g/mol. The molecule has 0 radical (unpaired) electrons.